The second-order valence-corrected chi connectivity index (χ2v) is 9.65. The molecule has 0 saturated heterocycles. The first-order chi connectivity index (χ1) is 13.1. The maximum Gasteiger partial charge on any atom is 0.240 e. The van der Waals surface area contributed by atoms with Gasteiger partial charge in [0.2, 0.25) is 10.0 Å². The van der Waals surface area contributed by atoms with Crippen LogP contribution in [0.1, 0.15) is 96.8 Å². The summed E-state index contributed by atoms with van der Waals surface area (Å²) in [6.45, 7) is 2.77. The minimum absolute atomic E-state index is 0.275. The van der Waals surface area contributed by atoms with Gasteiger partial charge in [-0.1, -0.05) is 102 Å². The number of sulfonamides is 1. The molecule has 0 radical (unpaired) electrons. The van der Waals surface area contributed by atoms with Crippen LogP contribution in [0.4, 0.5) is 0 Å². The van der Waals surface area contributed by atoms with E-state index in [0.717, 1.165) is 12.8 Å². The van der Waals surface area contributed by atoms with Crippen LogP contribution >= 0.6 is 11.6 Å². The molecule has 1 N–H and O–H groups in total. The van der Waals surface area contributed by atoms with Gasteiger partial charge in [-0.15, -0.1) is 0 Å². The number of rotatable bonds is 17. The normalized spacial score (nSPS) is 11.8. The maximum atomic E-state index is 12.1. The highest BCUT2D eigenvalue weighted by Crippen LogP contribution is 2.15. The van der Waals surface area contributed by atoms with Gasteiger partial charge in [-0.2, -0.15) is 0 Å². The second-order valence-electron chi connectivity index (χ2n) is 7.45. The van der Waals surface area contributed by atoms with Crippen LogP contribution in [0, 0.1) is 0 Å². The lowest BCUT2D eigenvalue weighted by Gasteiger charge is -2.07. The van der Waals surface area contributed by atoms with Crippen LogP contribution in [0.5, 0.6) is 0 Å². The largest absolute Gasteiger partial charge is 0.240 e. The molecule has 5 heteroatoms. The summed E-state index contributed by atoms with van der Waals surface area (Å²) >= 11 is 5.79. The smallest absolute Gasteiger partial charge is 0.211 e. The Morgan fingerprint density at radius 3 is 1.56 bits per heavy atom. The summed E-state index contributed by atoms with van der Waals surface area (Å²) in [6, 6.07) is 6.27. The van der Waals surface area contributed by atoms with Gasteiger partial charge < -0.3 is 0 Å². The molecule has 0 unspecified atom stereocenters. The van der Waals surface area contributed by atoms with E-state index in [0.29, 0.717) is 11.6 Å². The lowest BCUT2D eigenvalue weighted by atomic mass is 10.0. The van der Waals surface area contributed by atoms with Crippen LogP contribution in [0.2, 0.25) is 5.02 Å². The highest BCUT2D eigenvalue weighted by Gasteiger charge is 2.12. The molecule has 1 aromatic rings. The van der Waals surface area contributed by atoms with Crippen molar-refractivity contribution in [1.82, 2.24) is 4.72 Å². The second kappa shape index (κ2) is 15.4. The Morgan fingerprint density at radius 2 is 1.11 bits per heavy atom. The first kappa shape index (κ1) is 24.5. The Morgan fingerprint density at radius 1 is 0.704 bits per heavy atom. The average molecular weight is 416 g/mol. The summed E-state index contributed by atoms with van der Waals surface area (Å²) in [4.78, 5) is 0.275. The molecular weight excluding hydrogens is 378 g/mol. The molecule has 0 fully saturated rings. The van der Waals surface area contributed by atoms with Gasteiger partial charge in [0.15, 0.2) is 0 Å². The van der Waals surface area contributed by atoms with Crippen molar-refractivity contribution >= 4 is 21.6 Å². The molecule has 0 aromatic heterocycles. The maximum absolute atomic E-state index is 12.1. The van der Waals surface area contributed by atoms with Gasteiger partial charge in [-0.3, -0.25) is 0 Å². The van der Waals surface area contributed by atoms with Crippen LogP contribution in [0.3, 0.4) is 0 Å². The van der Waals surface area contributed by atoms with Gasteiger partial charge in [0, 0.05) is 11.6 Å². The lowest BCUT2D eigenvalue weighted by Crippen LogP contribution is -2.24. The fraction of sp³-hybridized carbons (Fsp3) is 0.727. The van der Waals surface area contributed by atoms with Crippen molar-refractivity contribution in [3.63, 3.8) is 0 Å². The fourth-order valence-electron chi connectivity index (χ4n) is 3.22. The molecule has 0 aliphatic heterocycles. The van der Waals surface area contributed by atoms with Crippen molar-refractivity contribution in [1.29, 1.82) is 0 Å². The molecule has 0 atom stereocenters. The van der Waals surface area contributed by atoms with E-state index in [1.165, 1.54) is 89.2 Å². The summed E-state index contributed by atoms with van der Waals surface area (Å²) in [6.07, 6.45) is 18.2. The SMILES string of the molecule is CCCCCCCCCCCCCCCCNS(=O)(=O)c1ccc(Cl)cc1. The zero-order valence-electron chi connectivity index (χ0n) is 17.0. The summed E-state index contributed by atoms with van der Waals surface area (Å²) in [5.74, 6) is 0. The standard InChI is InChI=1S/C22H38ClNO2S/c1-2-3-4-5-6-7-8-9-10-11-12-13-14-15-20-24-27(25,26)22-18-16-21(23)17-19-22/h16-19,24H,2-15,20H2,1H3. The molecule has 0 aliphatic carbocycles. The van der Waals surface area contributed by atoms with Crippen LogP contribution in [-0.2, 0) is 10.0 Å². The third-order valence-electron chi connectivity index (χ3n) is 4.95. The van der Waals surface area contributed by atoms with Crippen molar-refractivity contribution < 1.29 is 8.42 Å². The Kier molecular flexibility index (Phi) is 13.9. The van der Waals surface area contributed by atoms with E-state index in [1.54, 1.807) is 12.1 Å². The minimum atomic E-state index is -3.40. The van der Waals surface area contributed by atoms with Gasteiger partial charge in [-0.25, -0.2) is 13.1 Å². The van der Waals surface area contributed by atoms with E-state index < -0.39 is 10.0 Å². The molecule has 0 aliphatic rings. The molecule has 3 nitrogen and oxygen atoms in total. The van der Waals surface area contributed by atoms with Crippen molar-refractivity contribution in [2.45, 2.75) is 102 Å². The molecular formula is C22H38ClNO2S. The predicted octanol–water partition coefficient (Wildman–Crippen LogP) is 7.10. The number of nitrogens with one attached hydrogen (secondary N) is 1. The third-order valence-corrected chi connectivity index (χ3v) is 6.68. The number of hydrogen-bond acceptors (Lipinski definition) is 2. The Balaban J connectivity index is 1.91. The monoisotopic (exact) mass is 415 g/mol. The van der Waals surface area contributed by atoms with Crippen LogP contribution in [-0.4, -0.2) is 15.0 Å². The predicted molar refractivity (Wildman–Crippen MR) is 117 cm³/mol. The first-order valence-corrected chi connectivity index (χ1v) is 12.7. The Labute approximate surface area is 172 Å². The molecule has 0 saturated carbocycles. The Hall–Kier alpha value is -0.580. The number of unbranched alkanes of at least 4 members (excludes halogenated alkanes) is 13. The van der Waals surface area contributed by atoms with E-state index in [-0.39, 0.29) is 4.90 Å². The van der Waals surface area contributed by atoms with Gasteiger partial charge in [0.25, 0.3) is 0 Å². The van der Waals surface area contributed by atoms with E-state index in [4.69, 9.17) is 11.6 Å². The highest BCUT2D eigenvalue weighted by molar-refractivity contribution is 7.89. The van der Waals surface area contributed by atoms with Gasteiger partial charge in [0.05, 0.1) is 4.90 Å². The van der Waals surface area contributed by atoms with E-state index in [1.807, 2.05) is 0 Å². The van der Waals surface area contributed by atoms with Crippen LogP contribution in [0.15, 0.2) is 29.2 Å². The van der Waals surface area contributed by atoms with Crippen molar-refractivity contribution in [3.05, 3.63) is 29.3 Å². The summed E-state index contributed by atoms with van der Waals surface area (Å²) in [5, 5.41) is 0.543. The van der Waals surface area contributed by atoms with E-state index in [2.05, 4.69) is 11.6 Å². The topological polar surface area (TPSA) is 46.2 Å². The molecule has 27 heavy (non-hydrogen) atoms. The zero-order chi connectivity index (χ0) is 19.8. The lowest BCUT2D eigenvalue weighted by molar-refractivity contribution is 0.533. The van der Waals surface area contributed by atoms with E-state index >= 15 is 0 Å². The van der Waals surface area contributed by atoms with Crippen molar-refractivity contribution in [2.75, 3.05) is 6.54 Å². The molecule has 0 heterocycles. The van der Waals surface area contributed by atoms with Gasteiger partial charge in [-0.05, 0) is 30.7 Å². The van der Waals surface area contributed by atoms with Crippen molar-refractivity contribution in [3.8, 4) is 0 Å². The molecule has 0 bridgehead atoms. The molecule has 0 spiro atoms. The van der Waals surface area contributed by atoms with Crippen LogP contribution < -0.4 is 4.72 Å². The first-order valence-electron chi connectivity index (χ1n) is 10.8. The Bertz CT molecular complexity index is 572. The van der Waals surface area contributed by atoms with Crippen LogP contribution in [0.25, 0.3) is 0 Å². The van der Waals surface area contributed by atoms with E-state index in [9.17, 15) is 8.42 Å². The number of hydrogen-bond donors (Lipinski definition) is 1. The average Bonchev–Trinajstić information content (AvgIpc) is 2.65. The fourth-order valence-corrected chi connectivity index (χ4v) is 4.42. The summed E-state index contributed by atoms with van der Waals surface area (Å²) in [5.41, 5.74) is 0. The molecule has 0 amide bonds. The zero-order valence-corrected chi connectivity index (χ0v) is 18.6. The molecule has 1 aromatic carbocycles. The quantitative estimate of drug-likeness (QED) is 0.276. The van der Waals surface area contributed by atoms with Crippen molar-refractivity contribution in [2.24, 2.45) is 0 Å². The third kappa shape index (κ3) is 12.5. The summed E-state index contributed by atoms with van der Waals surface area (Å²) < 4.78 is 26.9. The van der Waals surface area contributed by atoms with Gasteiger partial charge in [0.1, 0.15) is 0 Å². The number of halogens is 1. The molecule has 1 rings (SSSR count). The molecule has 156 valence electrons. The summed E-state index contributed by atoms with van der Waals surface area (Å²) in [7, 11) is -3.40. The minimum Gasteiger partial charge on any atom is -0.211 e. The highest BCUT2D eigenvalue weighted by atomic mass is 35.5. The number of benzene rings is 1. The van der Waals surface area contributed by atoms with Gasteiger partial charge >= 0.3 is 0 Å².